The minimum absolute atomic E-state index is 0.272. The molecule has 6 nitrogen and oxygen atoms in total. The van der Waals surface area contributed by atoms with E-state index in [1.807, 2.05) is 30.3 Å². The average Bonchev–Trinajstić information content (AvgIpc) is 2.99. The molecule has 0 saturated heterocycles. The molecule has 112 valence electrons. The van der Waals surface area contributed by atoms with Crippen molar-refractivity contribution in [3.05, 3.63) is 66.2 Å². The first-order valence-electron chi connectivity index (χ1n) is 7.05. The van der Waals surface area contributed by atoms with Crippen molar-refractivity contribution in [2.45, 2.75) is 12.5 Å². The van der Waals surface area contributed by atoms with Gasteiger partial charge in [0.05, 0.1) is 6.10 Å². The fraction of sp³-hybridized carbons (Fsp3) is 0.188. The van der Waals surface area contributed by atoms with Gasteiger partial charge in [-0.2, -0.15) is 0 Å². The number of aliphatic hydroxyl groups excluding tert-OH is 1. The zero-order chi connectivity index (χ0) is 15.4. The second-order valence-corrected chi connectivity index (χ2v) is 4.92. The molecule has 0 radical (unpaired) electrons. The van der Waals surface area contributed by atoms with Crippen LogP contribution in [0.5, 0.6) is 0 Å². The Morgan fingerprint density at radius 2 is 2.09 bits per heavy atom. The number of nitrogens with one attached hydrogen (secondary N) is 1. The maximum Gasteiger partial charge on any atom is 0.271 e. The summed E-state index contributed by atoms with van der Waals surface area (Å²) in [5.41, 5.74) is 1.15. The number of hydrogen-bond acceptors (Lipinski definition) is 4. The van der Waals surface area contributed by atoms with Gasteiger partial charge in [0.25, 0.3) is 5.91 Å². The summed E-state index contributed by atoms with van der Waals surface area (Å²) in [5.74, 6) is 0.211. The van der Waals surface area contributed by atoms with E-state index in [0.29, 0.717) is 24.4 Å². The van der Waals surface area contributed by atoms with Crippen molar-refractivity contribution < 1.29 is 9.90 Å². The third-order valence-electron chi connectivity index (χ3n) is 3.36. The summed E-state index contributed by atoms with van der Waals surface area (Å²) in [6, 6.07) is 11.1. The predicted molar refractivity (Wildman–Crippen MR) is 81.3 cm³/mol. The van der Waals surface area contributed by atoms with Crippen LogP contribution in [0.3, 0.4) is 0 Å². The van der Waals surface area contributed by atoms with Crippen LogP contribution in [0.2, 0.25) is 0 Å². The van der Waals surface area contributed by atoms with Gasteiger partial charge in [0, 0.05) is 25.1 Å². The molecular weight excluding hydrogens is 280 g/mol. The molecule has 0 aliphatic heterocycles. The van der Waals surface area contributed by atoms with Crippen molar-refractivity contribution >= 4 is 11.7 Å². The number of aromatic nitrogens is 3. The highest BCUT2D eigenvalue weighted by Crippen LogP contribution is 2.14. The number of aliphatic hydroxyl groups is 1. The summed E-state index contributed by atoms with van der Waals surface area (Å²) >= 11 is 0. The van der Waals surface area contributed by atoms with Gasteiger partial charge in [0.2, 0.25) is 5.78 Å². The summed E-state index contributed by atoms with van der Waals surface area (Å²) in [6.45, 7) is 0.371. The number of amides is 1. The van der Waals surface area contributed by atoms with E-state index in [1.54, 1.807) is 29.1 Å². The lowest BCUT2D eigenvalue weighted by molar-refractivity contribution is 0.0938. The molecule has 1 amide bonds. The van der Waals surface area contributed by atoms with E-state index in [4.69, 9.17) is 0 Å². The number of fused-ring (bicyclic) bond motifs is 1. The Labute approximate surface area is 127 Å². The minimum atomic E-state index is -0.593. The largest absolute Gasteiger partial charge is 0.388 e. The van der Waals surface area contributed by atoms with E-state index in [-0.39, 0.29) is 5.91 Å². The van der Waals surface area contributed by atoms with Crippen molar-refractivity contribution in [3.63, 3.8) is 0 Å². The summed E-state index contributed by atoms with van der Waals surface area (Å²) in [6.07, 6.45) is 4.89. The molecule has 0 saturated carbocycles. The van der Waals surface area contributed by atoms with Crippen LogP contribution in [0.1, 0.15) is 28.6 Å². The molecule has 6 heteroatoms. The van der Waals surface area contributed by atoms with Gasteiger partial charge in [0.15, 0.2) is 0 Å². The lowest BCUT2D eigenvalue weighted by Crippen LogP contribution is -2.26. The number of benzene rings is 1. The predicted octanol–water partition coefficient (Wildman–Crippen LogP) is 1.58. The van der Waals surface area contributed by atoms with Crippen molar-refractivity contribution in [1.29, 1.82) is 0 Å². The molecule has 1 unspecified atom stereocenters. The van der Waals surface area contributed by atoms with E-state index in [9.17, 15) is 9.90 Å². The Kier molecular flexibility index (Phi) is 4.11. The van der Waals surface area contributed by atoms with Crippen molar-refractivity contribution in [2.24, 2.45) is 0 Å². The lowest BCUT2D eigenvalue weighted by Gasteiger charge is -2.10. The highest BCUT2D eigenvalue weighted by Gasteiger charge is 2.12. The normalized spacial score (nSPS) is 12.2. The Morgan fingerprint density at radius 3 is 2.86 bits per heavy atom. The number of rotatable bonds is 5. The van der Waals surface area contributed by atoms with Crippen LogP contribution in [0.25, 0.3) is 5.78 Å². The molecule has 2 heterocycles. The SMILES string of the molecule is O=C(NCCC(O)c1ccccc1)c1cn2cccnc2n1. The fourth-order valence-electron chi connectivity index (χ4n) is 2.19. The molecule has 0 aliphatic carbocycles. The summed E-state index contributed by atoms with van der Waals surface area (Å²) in [4.78, 5) is 20.2. The van der Waals surface area contributed by atoms with Crippen LogP contribution in [-0.4, -0.2) is 31.9 Å². The van der Waals surface area contributed by atoms with E-state index in [2.05, 4.69) is 15.3 Å². The summed E-state index contributed by atoms with van der Waals surface area (Å²) in [7, 11) is 0. The molecule has 0 aliphatic rings. The van der Waals surface area contributed by atoms with Gasteiger partial charge < -0.3 is 10.4 Å². The Hall–Kier alpha value is -2.73. The minimum Gasteiger partial charge on any atom is -0.388 e. The monoisotopic (exact) mass is 296 g/mol. The molecule has 1 aromatic carbocycles. The number of hydrogen-bond donors (Lipinski definition) is 2. The van der Waals surface area contributed by atoms with Crippen molar-refractivity contribution in [1.82, 2.24) is 19.7 Å². The molecule has 2 aromatic heterocycles. The van der Waals surface area contributed by atoms with Gasteiger partial charge >= 0.3 is 0 Å². The van der Waals surface area contributed by atoms with Crippen molar-refractivity contribution in [3.8, 4) is 0 Å². The third kappa shape index (κ3) is 3.12. The van der Waals surface area contributed by atoms with E-state index in [0.717, 1.165) is 5.56 Å². The summed E-state index contributed by atoms with van der Waals surface area (Å²) < 4.78 is 1.69. The fourth-order valence-corrected chi connectivity index (χ4v) is 2.19. The van der Waals surface area contributed by atoms with Crippen molar-refractivity contribution in [2.75, 3.05) is 6.54 Å². The average molecular weight is 296 g/mol. The first kappa shape index (κ1) is 14.2. The molecule has 3 aromatic rings. The first-order valence-corrected chi connectivity index (χ1v) is 7.05. The molecule has 0 fully saturated rings. The molecule has 22 heavy (non-hydrogen) atoms. The van der Waals surface area contributed by atoms with Gasteiger partial charge in [0.1, 0.15) is 5.69 Å². The molecule has 2 N–H and O–H groups in total. The van der Waals surface area contributed by atoms with Crippen LogP contribution in [0, 0.1) is 0 Å². The third-order valence-corrected chi connectivity index (χ3v) is 3.36. The van der Waals surface area contributed by atoms with Crippen LogP contribution in [0.15, 0.2) is 55.0 Å². The van der Waals surface area contributed by atoms with E-state index in [1.165, 1.54) is 0 Å². The van der Waals surface area contributed by atoms with Gasteiger partial charge in [-0.1, -0.05) is 30.3 Å². The highest BCUT2D eigenvalue weighted by atomic mass is 16.3. The number of nitrogens with zero attached hydrogens (tertiary/aromatic N) is 3. The smallest absolute Gasteiger partial charge is 0.271 e. The van der Waals surface area contributed by atoms with Crippen LogP contribution in [-0.2, 0) is 0 Å². The molecule has 3 rings (SSSR count). The Balaban J connectivity index is 1.56. The second-order valence-electron chi connectivity index (χ2n) is 4.92. The van der Waals surface area contributed by atoms with Gasteiger partial charge in [-0.05, 0) is 18.1 Å². The maximum absolute atomic E-state index is 12.0. The van der Waals surface area contributed by atoms with Gasteiger partial charge in [-0.3, -0.25) is 9.20 Å². The number of carbonyl (C=O) groups excluding carboxylic acids is 1. The molecule has 0 spiro atoms. The van der Waals surface area contributed by atoms with Gasteiger partial charge in [-0.25, -0.2) is 9.97 Å². The molecular formula is C16H16N4O2. The zero-order valence-electron chi connectivity index (χ0n) is 11.9. The standard InChI is InChI=1S/C16H16N4O2/c21-14(12-5-2-1-3-6-12)7-9-17-15(22)13-11-20-10-4-8-18-16(20)19-13/h1-6,8,10-11,14,21H,7,9H2,(H,17,22). The first-order chi connectivity index (χ1) is 10.7. The Bertz CT molecular complexity index is 737. The second kappa shape index (κ2) is 6.36. The quantitative estimate of drug-likeness (QED) is 0.749. The van der Waals surface area contributed by atoms with Crippen LogP contribution >= 0.6 is 0 Å². The Morgan fingerprint density at radius 1 is 1.27 bits per heavy atom. The number of carbonyl (C=O) groups is 1. The zero-order valence-corrected chi connectivity index (χ0v) is 11.9. The maximum atomic E-state index is 12.0. The molecule has 1 atom stereocenters. The van der Waals surface area contributed by atoms with E-state index >= 15 is 0 Å². The highest BCUT2D eigenvalue weighted by molar-refractivity contribution is 5.92. The van der Waals surface area contributed by atoms with Gasteiger partial charge in [-0.15, -0.1) is 0 Å². The molecule has 0 bridgehead atoms. The number of imidazole rings is 1. The van der Waals surface area contributed by atoms with E-state index < -0.39 is 6.10 Å². The van der Waals surface area contributed by atoms with Crippen LogP contribution < -0.4 is 5.32 Å². The summed E-state index contributed by atoms with van der Waals surface area (Å²) in [5, 5.41) is 12.8. The van der Waals surface area contributed by atoms with Crippen LogP contribution in [0.4, 0.5) is 0 Å². The topological polar surface area (TPSA) is 79.5 Å². The lowest BCUT2D eigenvalue weighted by atomic mass is 10.1.